The maximum atomic E-state index is 5.53. The van der Waals surface area contributed by atoms with Crippen LogP contribution >= 0.6 is 0 Å². The molecule has 2 rings (SSSR count). The highest BCUT2D eigenvalue weighted by molar-refractivity contribution is 5.34. The van der Waals surface area contributed by atoms with Gasteiger partial charge < -0.3 is 10.1 Å². The Morgan fingerprint density at radius 2 is 1.95 bits per heavy atom. The molecular formula is C19H31NO. The maximum Gasteiger partial charge on any atom is 0.122 e. The van der Waals surface area contributed by atoms with Crippen LogP contribution in [0.15, 0.2) is 24.3 Å². The number of nitrogens with one attached hydrogen (secondary N) is 1. The summed E-state index contributed by atoms with van der Waals surface area (Å²) in [5, 5.41) is 3.57. The van der Waals surface area contributed by atoms with E-state index in [0.717, 1.165) is 24.0 Å². The van der Waals surface area contributed by atoms with Crippen molar-refractivity contribution in [3.63, 3.8) is 0 Å². The molecule has 0 bridgehead atoms. The Hall–Kier alpha value is -1.02. The van der Waals surface area contributed by atoms with Gasteiger partial charge in [0.1, 0.15) is 5.75 Å². The summed E-state index contributed by atoms with van der Waals surface area (Å²) in [6.07, 6.45) is 5.07. The molecule has 1 fully saturated rings. The molecule has 3 unspecified atom stereocenters. The van der Waals surface area contributed by atoms with Crippen molar-refractivity contribution in [1.82, 2.24) is 5.32 Å². The van der Waals surface area contributed by atoms with Crippen LogP contribution in [0, 0.1) is 17.3 Å². The number of hydrogen-bond donors (Lipinski definition) is 1. The summed E-state index contributed by atoms with van der Waals surface area (Å²) in [5.41, 5.74) is 1.61. The fraction of sp³-hybridized carbons (Fsp3) is 0.684. The molecule has 0 aliphatic heterocycles. The summed E-state index contributed by atoms with van der Waals surface area (Å²) in [4.78, 5) is 0. The number of methoxy groups -OCH3 is 1. The minimum absolute atomic E-state index is 0.280. The monoisotopic (exact) mass is 289 g/mol. The molecule has 1 aliphatic rings. The van der Waals surface area contributed by atoms with Crippen LogP contribution in [-0.4, -0.2) is 20.2 Å². The lowest BCUT2D eigenvalue weighted by Gasteiger charge is -2.44. The van der Waals surface area contributed by atoms with Crippen LogP contribution in [0.5, 0.6) is 5.75 Å². The van der Waals surface area contributed by atoms with Gasteiger partial charge in [0.05, 0.1) is 7.11 Å². The quantitative estimate of drug-likeness (QED) is 0.873. The predicted octanol–water partition coefficient (Wildman–Crippen LogP) is 4.29. The largest absolute Gasteiger partial charge is 0.496 e. The van der Waals surface area contributed by atoms with Gasteiger partial charge in [-0.3, -0.25) is 0 Å². The molecule has 2 heteroatoms. The zero-order valence-electron chi connectivity index (χ0n) is 14.3. The highest BCUT2D eigenvalue weighted by Gasteiger charge is 2.38. The first-order chi connectivity index (χ1) is 9.97. The Balaban J connectivity index is 2.16. The zero-order chi connectivity index (χ0) is 15.5. The van der Waals surface area contributed by atoms with E-state index in [1.807, 2.05) is 6.07 Å². The Labute approximate surface area is 130 Å². The van der Waals surface area contributed by atoms with Gasteiger partial charge in [-0.2, -0.15) is 0 Å². The second-order valence-electron chi connectivity index (χ2n) is 7.40. The van der Waals surface area contributed by atoms with E-state index in [0.29, 0.717) is 6.04 Å². The molecule has 1 aromatic carbocycles. The molecule has 0 saturated heterocycles. The summed E-state index contributed by atoms with van der Waals surface area (Å²) >= 11 is 0. The summed E-state index contributed by atoms with van der Waals surface area (Å²) in [6, 6.07) is 9.09. The molecule has 2 nitrogen and oxygen atoms in total. The molecule has 0 amide bonds. The van der Waals surface area contributed by atoms with Crippen LogP contribution in [0.2, 0.25) is 0 Å². The van der Waals surface area contributed by atoms with Crippen LogP contribution in [0.4, 0.5) is 0 Å². The molecule has 3 atom stereocenters. The van der Waals surface area contributed by atoms with Gasteiger partial charge >= 0.3 is 0 Å². The molecule has 0 spiro atoms. The van der Waals surface area contributed by atoms with Gasteiger partial charge in [0.2, 0.25) is 0 Å². The standard InChI is InChI=1S/C19H31NO/c1-14-10-11-16(17(12-14)20-4)19(2,3)13-15-8-6-7-9-18(15)21-5/h6-9,14,16-17,20H,10-13H2,1-5H3. The van der Waals surface area contributed by atoms with E-state index >= 15 is 0 Å². The normalized spacial score (nSPS) is 26.6. The molecule has 0 heterocycles. The zero-order valence-corrected chi connectivity index (χ0v) is 14.3. The Morgan fingerprint density at radius 1 is 1.24 bits per heavy atom. The average molecular weight is 289 g/mol. The summed E-state index contributed by atoms with van der Waals surface area (Å²) < 4.78 is 5.53. The van der Waals surface area contributed by atoms with Gasteiger partial charge in [-0.1, -0.05) is 45.4 Å². The fourth-order valence-corrected chi connectivity index (χ4v) is 4.11. The van der Waals surface area contributed by atoms with Crippen molar-refractivity contribution in [2.75, 3.05) is 14.2 Å². The Kier molecular flexibility index (Phi) is 5.32. The van der Waals surface area contributed by atoms with E-state index in [4.69, 9.17) is 4.74 Å². The molecule has 1 aromatic rings. The van der Waals surface area contributed by atoms with Gasteiger partial charge in [-0.15, -0.1) is 0 Å². The third-order valence-corrected chi connectivity index (χ3v) is 5.33. The van der Waals surface area contributed by atoms with E-state index in [-0.39, 0.29) is 5.41 Å². The van der Waals surface area contributed by atoms with Crippen molar-refractivity contribution in [1.29, 1.82) is 0 Å². The molecule has 0 radical (unpaired) electrons. The molecule has 0 aromatic heterocycles. The summed E-state index contributed by atoms with van der Waals surface area (Å²) in [7, 11) is 3.89. The molecule has 1 N–H and O–H groups in total. The second-order valence-corrected chi connectivity index (χ2v) is 7.40. The van der Waals surface area contributed by atoms with Crippen LogP contribution in [0.3, 0.4) is 0 Å². The van der Waals surface area contributed by atoms with E-state index in [1.165, 1.54) is 24.8 Å². The van der Waals surface area contributed by atoms with Crippen molar-refractivity contribution < 1.29 is 4.74 Å². The number of rotatable bonds is 5. The van der Waals surface area contributed by atoms with E-state index in [9.17, 15) is 0 Å². The molecule has 1 aliphatic carbocycles. The van der Waals surface area contributed by atoms with Crippen molar-refractivity contribution in [3.8, 4) is 5.75 Å². The lowest BCUT2D eigenvalue weighted by Crippen LogP contribution is -2.46. The van der Waals surface area contributed by atoms with Crippen LogP contribution in [0.25, 0.3) is 0 Å². The van der Waals surface area contributed by atoms with Gasteiger partial charge in [0, 0.05) is 6.04 Å². The molecular weight excluding hydrogens is 258 g/mol. The van der Waals surface area contributed by atoms with Gasteiger partial charge in [0.15, 0.2) is 0 Å². The van der Waals surface area contributed by atoms with Gasteiger partial charge in [0.25, 0.3) is 0 Å². The van der Waals surface area contributed by atoms with Crippen LogP contribution < -0.4 is 10.1 Å². The number of hydrogen-bond acceptors (Lipinski definition) is 2. The minimum atomic E-state index is 0.280. The average Bonchev–Trinajstić information content (AvgIpc) is 2.47. The molecule has 1 saturated carbocycles. The summed E-state index contributed by atoms with van der Waals surface area (Å²) in [6.45, 7) is 7.22. The van der Waals surface area contributed by atoms with Crippen molar-refractivity contribution in [2.45, 2.75) is 52.5 Å². The third kappa shape index (κ3) is 3.79. The van der Waals surface area contributed by atoms with Crippen LogP contribution in [0.1, 0.15) is 45.6 Å². The van der Waals surface area contributed by atoms with Crippen molar-refractivity contribution in [2.24, 2.45) is 17.3 Å². The lowest BCUT2D eigenvalue weighted by atomic mass is 9.64. The second kappa shape index (κ2) is 6.83. The SMILES string of the molecule is CNC1CC(C)CCC1C(C)(C)Cc1ccccc1OC. The van der Waals surface area contributed by atoms with E-state index in [2.05, 4.69) is 51.3 Å². The maximum absolute atomic E-state index is 5.53. The summed E-state index contributed by atoms with van der Waals surface area (Å²) in [5.74, 6) is 2.60. The number of para-hydroxylation sites is 1. The first-order valence-electron chi connectivity index (χ1n) is 8.27. The number of benzene rings is 1. The van der Waals surface area contributed by atoms with E-state index in [1.54, 1.807) is 7.11 Å². The number of ether oxygens (including phenoxy) is 1. The first kappa shape index (κ1) is 16.4. The predicted molar refractivity (Wildman–Crippen MR) is 89.8 cm³/mol. The first-order valence-corrected chi connectivity index (χ1v) is 8.27. The smallest absolute Gasteiger partial charge is 0.122 e. The van der Waals surface area contributed by atoms with Crippen molar-refractivity contribution in [3.05, 3.63) is 29.8 Å². The fourth-order valence-electron chi connectivity index (χ4n) is 4.11. The Bertz CT molecular complexity index is 455. The molecule has 21 heavy (non-hydrogen) atoms. The van der Waals surface area contributed by atoms with Gasteiger partial charge in [-0.25, -0.2) is 0 Å². The topological polar surface area (TPSA) is 21.3 Å². The third-order valence-electron chi connectivity index (χ3n) is 5.33. The highest BCUT2D eigenvalue weighted by atomic mass is 16.5. The van der Waals surface area contributed by atoms with Crippen molar-refractivity contribution >= 4 is 0 Å². The lowest BCUT2D eigenvalue weighted by molar-refractivity contribution is 0.0975. The van der Waals surface area contributed by atoms with Gasteiger partial charge in [-0.05, 0) is 55.2 Å². The minimum Gasteiger partial charge on any atom is -0.496 e. The van der Waals surface area contributed by atoms with E-state index < -0.39 is 0 Å². The molecule has 118 valence electrons. The highest BCUT2D eigenvalue weighted by Crippen LogP contribution is 2.43. The van der Waals surface area contributed by atoms with Crippen LogP contribution in [-0.2, 0) is 6.42 Å². The Morgan fingerprint density at radius 3 is 2.62 bits per heavy atom.